The molecule has 0 bridgehead atoms. The smallest absolute Gasteiger partial charge is 0.246 e. The second-order valence-electron chi connectivity index (χ2n) is 4.50. The van der Waals surface area contributed by atoms with Crippen LogP contribution in [0.2, 0.25) is 0 Å². The van der Waals surface area contributed by atoms with Crippen molar-refractivity contribution >= 4 is 30.4 Å². The third kappa shape index (κ3) is 5.64. The number of amides is 2. The summed E-state index contributed by atoms with van der Waals surface area (Å²) in [5.41, 5.74) is 5.71. The highest BCUT2D eigenvalue weighted by Crippen LogP contribution is 2.11. The van der Waals surface area contributed by atoms with Gasteiger partial charge in [-0.25, -0.2) is 0 Å². The molecule has 0 rings (SSSR count). The number of carbonyl (C=O) groups excluding carboxylic acids is 3. The Morgan fingerprint density at radius 1 is 1.50 bits per heavy atom. The molecule has 0 aromatic carbocycles. The number of carbonyl (C=O) groups is 2. The SMILES string of the molecule is CSCC[C@H](N)C(=O)N(C=O)[C@H]([C]=O)CC(C)C. The van der Waals surface area contributed by atoms with Crippen LogP contribution in [-0.2, 0) is 14.4 Å². The molecule has 0 saturated heterocycles. The number of nitrogens with two attached hydrogens (primary N) is 1. The summed E-state index contributed by atoms with van der Waals surface area (Å²) in [5.74, 6) is 0.418. The van der Waals surface area contributed by atoms with Crippen molar-refractivity contribution in [3.05, 3.63) is 0 Å². The first-order chi connectivity index (χ1) is 8.47. The van der Waals surface area contributed by atoms with Gasteiger partial charge in [-0.05, 0) is 30.8 Å². The second-order valence-corrected chi connectivity index (χ2v) is 5.49. The third-order valence-corrected chi connectivity index (χ3v) is 3.13. The van der Waals surface area contributed by atoms with Crippen LogP contribution < -0.4 is 5.73 Å². The summed E-state index contributed by atoms with van der Waals surface area (Å²) in [4.78, 5) is 34.6. The van der Waals surface area contributed by atoms with Gasteiger partial charge in [0.1, 0.15) is 6.04 Å². The van der Waals surface area contributed by atoms with Crippen LogP contribution in [0.5, 0.6) is 0 Å². The predicted octanol–water partition coefficient (Wildman–Crippen LogP) is 0.576. The highest BCUT2D eigenvalue weighted by molar-refractivity contribution is 7.98. The molecule has 2 atom stereocenters. The molecule has 0 aliphatic heterocycles. The van der Waals surface area contributed by atoms with Crippen molar-refractivity contribution < 1.29 is 14.4 Å². The molecule has 0 heterocycles. The van der Waals surface area contributed by atoms with Gasteiger partial charge in [0.05, 0.1) is 6.04 Å². The van der Waals surface area contributed by atoms with Gasteiger partial charge in [-0.1, -0.05) is 13.8 Å². The number of thioether (sulfide) groups is 1. The Kier molecular flexibility index (Phi) is 8.66. The Labute approximate surface area is 112 Å². The van der Waals surface area contributed by atoms with Gasteiger partial charge < -0.3 is 5.73 Å². The molecule has 0 aliphatic rings. The van der Waals surface area contributed by atoms with E-state index >= 15 is 0 Å². The van der Waals surface area contributed by atoms with Gasteiger partial charge in [-0.15, -0.1) is 0 Å². The molecule has 0 saturated carbocycles. The Bertz CT molecular complexity index is 284. The van der Waals surface area contributed by atoms with Gasteiger partial charge in [0.15, 0.2) is 0 Å². The standard InChI is InChI=1S/C12H21N2O3S/c1-9(2)6-10(7-15)14(8-16)12(17)11(13)4-5-18-3/h8-11H,4-6,13H2,1-3H3/t10-,11-/m0/s1. The molecule has 103 valence electrons. The van der Waals surface area contributed by atoms with Crippen LogP contribution in [0.15, 0.2) is 0 Å². The first-order valence-corrected chi connectivity index (χ1v) is 7.26. The molecule has 2 N–H and O–H groups in total. The number of imide groups is 1. The minimum atomic E-state index is -0.838. The fraction of sp³-hybridized carbons (Fsp3) is 0.750. The molecular formula is C12H21N2O3S. The molecular weight excluding hydrogens is 252 g/mol. The summed E-state index contributed by atoms with van der Waals surface area (Å²) in [6.07, 6.45) is 4.92. The summed E-state index contributed by atoms with van der Waals surface area (Å²) < 4.78 is 0. The maximum atomic E-state index is 11.9. The van der Waals surface area contributed by atoms with Crippen LogP contribution in [0.25, 0.3) is 0 Å². The lowest BCUT2D eigenvalue weighted by atomic mass is 10.0. The predicted molar refractivity (Wildman–Crippen MR) is 72.8 cm³/mol. The summed E-state index contributed by atoms with van der Waals surface area (Å²) in [6, 6.07) is -1.58. The maximum absolute atomic E-state index is 11.9. The number of rotatable bonds is 9. The second kappa shape index (κ2) is 9.10. The van der Waals surface area contributed by atoms with E-state index in [-0.39, 0.29) is 5.92 Å². The van der Waals surface area contributed by atoms with Gasteiger partial charge in [0.2, 0.25) is 18.6 Å². The largest absolute Gasteiger partial charge is 0.320 e. The Morgan fingerprint density at radius 3 is 2.50 bits per heavy atom. The molecule has 0 aliphatic carbocycles. The molecule has 2 amide bonds. The Morgan fingerprint density at radius 2 is 2.11 bits per heavy atom. The Balaban J connectivity index is 4.66. The van der Waals surface area contributed by atoms with Crippen molar-refractivity contribution in [3.63, 3.8) is 0 Å². The van der Waals surface area contributed by atoms with E-state index < -0.39 is 18.0 Å². The summed E-state index contributed by atoms with van der Waals surface area (Å²) >= 11 is 1.58. The molecule has 18 heavy (non-hydrogen) atoms. The maximum Gasteiger partial charge on any atom is 0.246 e. The Hall–Kier alpha value is -0.880. The van der Waals surface area contributed by atoms with Gasteiger partial charge in [-0.3, -0.25) is 19.3 Å². The topological polar surface area (TPSA) is 80.5 Å². The van der Waals surface area contributed by atoms with Gasteiger partial charge in [0, 0.05) is 0 Å². The summed E-state index contributed by atoms with van der Waals surface area (Å²) in [7, 11) is 0. The summed E-state index contributed by atoms with van der Waals surface area (Å²) in [6.45, 7) is 3.82. The summed E-state index contributed by atoms with van der Waals surface area (Å²) in [5, 5.41) is 0. The van der Waals surface area contributed by atoms with Crippen LogP contribution in [-0.4, -0.2) is 47.6 Å². The minimum Gasteiger partial charge on any atom is -0.320 e. The van der Waals surface area contributed by atoms with E-state index in [2.05, 4.69) is 0 Å². The van der Waals surface area contributed by atoms with E-state index in [0.717, 1.165) is 10.7 Å². The van der Waals surface area contributed by atoms with Crippen molar-refractivity contribution in [1.82, 2.24) is 4.90 Å². The van der Waals surface area contributed by atoms with Gasteiger partial charge in [-0.2, -0.15) is 11.8 Å². The number of hydrogen-bond donors (Lipinski definition) is 1. The van der Waals surface area contributed by atoms with E-state index in [1.807, 2.05) is 20.1 Å². The molecule has 0 aromatic rings. The van der Waals surface area contributed by atoms with Crippen molar-refractivity contribution in [2.75, 3.05) is 12.0 Å². The monoisotopic (exact) mass is 273 g/mol. The number of nitrogens with zero attached hydrogens (tertiary/aromatic N) is 1. The quantitative estimate of drug-likeness (QED) is 0.621. The lowest BCUT2D eigenvalue weighted by Crippen LogP contribution is -2.49. The van der Waals surface area contributed by atoms with Gasteiger partial charge in [0.25, 0.3) is 0 Å². The number of hydrogen-bond acceptors (Lipinski definition) is 5. The van der Waals surface area contributed by atoms with Crippen LogP contribution in [0.3, 0.4) is 0 Å². The fourth-order valence-corrected chi connectivity index (χ4v) is 1.99. The van der Waals surface area contributed by atoms with E-state index in [1.54, 1.807) is 18.0 Å². The molecule has 5 nitrogen and oxygen atoms in total. The average molecular weight is 273 g/mol. The first kappa shape index (κ1) is 17.1. The molecule has 0 fully saturated rings. The van der Waals surface area contributed by atoms with Crippen LogP contribution >= 0.6 is 11.8 Å². The van der Waals surface area contributed by atoms with Crippen LogP contribution in [0.1, 0.15) is 26.7 Å². The van der Waals surface area contributed by atoms with Gasteiger partial charge >= 0.3 is 0 Å². The molecule has 1 radical (unpaired) electrons. The minimum absolute atomic E-state index is 0.189. The lowest BCUT2D eigenvalue weighted by molar-refractivity contribution is -0.140. The zero-order chi connectivity index (χ0) is 14.1. The molecule has 0 spiro atoms. The highest BCUT2D eigenvalue weighted by atomic mass is 32.2. The van der Waals surface area contributed by atoms with E-state index in [4.69, 9.17) is 5.73 Å². The molecule has 0 unspecified atom stereocenters. The van der Waals surface area contributed by atoms with Crippen molar-refractivity contribution in [2.45, 2.75) is 38.8 Å². The molecule has 0 aromatic heterocycles. The normalized spacial score (nSPS) is 14.1. The highest BCUT2D eigenvalue weighted by Gasteiger charge is 2.28. The van der Waals surface area contributed by atoms with Crippen LogP contribution in [0, 0.1) is 5.92 Å². The average Bonchev–Trinajstić information content (AvgIpc) is 2.34. The van der Waals surface area contributed by atoms with Crippen molar-refractivity contribution in [1.29, 1.82) is 0 Å². The zero-order valence-corrected chi connectivity index (χ0v) is 11.9. The fourth-order valence-electron chi connectivity index (χ4n) is 1.50. The molecule has 6 heteroatoms. The van der Waals surface area contributed by atoms with Crippen molar-refractivity contribution in [3.8, 4) is 0 Å². The third-order valence-electron chi connectivity index (χ3n) is 2.48. The van der Waals surface area contributed by atoms with E-state index in [0.29, 0.717) is 19.3 Å². The van der Waals surface area contributed by atoms with E-state index in [1.165, 1.54) is 0 Å². The zero-order valence-electron chi connectivity index (χ0n) is 11.1. The lowest BCUT2D eigenvalue weighted by Gasteiger charge is -2.25. The van der Waals surface area contributed by atoms with E-state index in [9.17, 15) is 14.4 Å². The van der Waals surface area contributed by atoms with Crippen LogP contribution in [0.4, 0.5) is 0 Å². The first-order valence-electron chi connectivity index (χ1n) is 5.87. The van der Waals surface area contributed by atoms with Crippen molar-refractivity contribution in [2.24, 2.45) is 11.7 Å².